The lowest BCUT2D eigenvalue weighted by Crippen LogP contribution is -2.63. The Morgan fingerprint density at radius 2 is 1.91 bits per heavy atom. The van der Waals surface area contributed by atoms with E-state index in [1.54, 1.807) is 24.1 Å². The molecule has 4 aliphatic carbocycles. The third kappa shape index (κ3) is 5.29. The van der Waals surface area contributed by atoms with Crippen LogP contribution in [0.5, 0.6) is 0 Å². The Kier molecular flexibility index (Phi) is 6.81. The first-order valence-electron chi connectivity index (χ1n) is 11.9. The Hall–Kier alpha value is -3.08. The molecule has 4 bridgehead atoms. The van der Waals surface area contributed by atoms with Crippen LogP contribution in [0.15, 0.2) is 12.3 Å². The van der Waals surface area contributed by atoms with Crippen LogP contribution in [0.2, 0.25) is 0 Å². The molecular weight excluding hydrogens is 454 g/mol. The van der Waals surface area contributed by atoms with Crippen molar-refractivity contribution in [1.82, 2.24) is 20.4 Å². The highest BCUT2D eigenvalue weighted by Crippen LogP contribution is 2.57. The summed E-state index contributed by atoms with van der Waals surface area (Å²) in [5, 5.41) is 10.3. The monoisotopic (exact) mass is 489 g/mol. The molecule has 0 spiro atoms. The number of aromatic nitrogens is 2. The normalized spacial score (nSPS) is 29.3. The van der Waals surface area contributed by atoms with Crippen LogP contribution < -0.4 is 16.4 Å². The van der Waals surface area contributed by atoms with Crippen molar-refractivity contribution in [3.05, 3.63) is 23.5 Å². The smallest absolute Gasteiger partial charge is 0.407 e. The molecule has 0 aliphatic heterocycles. The second-order valence-corrected chi connectivity index (χ2v) is 10.6. The first kappa shape index (κ1) is 25.0. The van der Waals surface area contributed by atoms with E-state index in [2.05, 4.69) is 20.5 Å². The Bertz CT molecular complexity index is 1000. The van der Waals surface area contributed by atoms with Crippen molar-refractivity contribution in [2.45, 2.75) is 69.7 Å². The Morgan fingerprint density at radius 1 is 1.23 bits per heavy atom. The van der Waals surface area contributed by atoms with Crippen molar-refractivity contribution in [2.75, 3.05) is 14.2 Å². The van der Waals surface area contributed by atoms with Crippen molar-refractivity contribution in [3.63, 3.8) is 0 Å². The summed E-state index contributed by atoms with van der Waals surface area (Å²) in [6.07, 6.45) is 8.05. The standard InChI is InChI=1S/C24H35N5O6/c1-23(2,28-22(32)34-4)5-6-29-18(13-33-3)17(12-26-29)20(30)27-19-15-7-14-8-16(19)11-24(9-14,10-15)35-21(25)31/h5-6,12,14-16,19H,7-11,13H2,1-4H3,(H2,25,31)(H,27,30)(H,28,32)/b6-5+. The van der Waals surface area contributed by atoms with Gasteiger partial charge in [0.1, 0.15) is 5.60 Å². The highest BCUT2D eigenvalue weighted by Gasteiger charge is 2.57. The second-order valence-electron chi connectivity index (χ2n) is 10.6. The molecule has 4 fully saturated rings. The van der Waals surface area contributed by atoms with E-state index < -0.39 is 23.3 Å². The molecular formula is C24H35N5O6. The third-order valence-corrected chi connectivity index (χ3v) is 7.50. The summed E-state index contributed by atoms with van der Waals surface area (Å²) in [6.45, 7) is 3.82. The average molecular weight is 490 g/mol. The topological polar surface area (TPSA) is 147 Å². The van der Waals surface area contributed by atoms with E-state index in [9.17, 15) is 14.4 Å². The van der Waals surface area contributed by atoms with Crippen molar-refractivity contribution in [1.29, 1.82) is 0 Å². The molecule has 4 saturated carbocycles. The Morgan fingerprint density at radius 3 is 2.51 bits per heavy atom. The first-order chi connectivity index (χ1) is 16.5. The number of primary amides is 1. The number of nitrogens with one attached hydrogen (secondary N) is 2. The molecule has 1 aromatic heterocycles. The molecule has 11 nitrogen and oxygen atoms in total. The van der Waals surface area contributed by atoms with Crippen molar-refractivity contribution < 1.29 is 28.6 Å². The van der Waals surface area contributed by atoms with E-state index in [1.807, 2.05) is 13.8 Å². The minimum Gasteiger partial charge on any atom is -0.453 e. The van der Waals surface area contributed by atoms with Crippen molar-refractivity contribution >= 4 is 24.3 Å². The number of nitrogens with two attached hydrogens (primary N) is 1. The zero-order chi connectivity index (χ0) is 25.4. The number of carbonyl (C=O) groups excluding carboxylic acids is 3. The van der Waals surface area contributed by atoms with Crippen LogP contribution in [-0.2, 0) is 20.8 Å². The molecule has 1 heterocycles. The largest absolute Gasteiger partial charge is 0.453 e. The quantitative estimate of drug-likeness (QED) is 0.508. The number of alkyl carbamates (subject to hydrolysis) is 1. The maximum Gasteiger partial charge on any atom is 0.407 e. The molecule has 0 aromatic carbocycles. The molecule has 35 heavy (non-hydrogen) atoms. The van der Waals surface area contributed by atoms with E-state index in [1.165, 1.54) is 13.3 Å². The predicted molar refractivity (Wildman–Crippen MR) is 126 cm³/mol. The number of ether oxygens (including phenoxy) is 3. The van der Waals surface area contributed by atoms with Crippen molar-refractivity contribution in [3.8, 4) is 0 Å². The summed E-state index contributed by atoms with van der Waals surface area (Å²) >= 11 is 0. The fraction of sp³-hybridized carbons (Fsp3) is 0.667. The minimum absolute atomic E-state index is 0.0149. The molecule has 2 atom stereocenters. The summed E-state index contributed by atoms with van der Waals surface area (Å²) in [7, 11) is 2.86. The summed E-state index contributed by atoms with van der Waals surface area (Å²) in [4.78, 5) is 36.4. The molecule has 4 aliphatic rings. The SMILES string of the molecule is COCc1c(C(=O)NC2C3CC4CC2CC(OC(N)=O)(C4)C3)cnn1/C=C/C(C)(C)NC(=O)OC. The summed E-state index contributed by atoms with van der Waals surface area (Å²) < 4.78 is 17.2. The number of nitrogens with zero attached hydrogens (tertiary/aromatic N) is 2. The molecule has 3 amide bonds. The van der Waals surface area contributed by atoms with Crippen molar-refractivity contribution in [2.24, 2.45) is 23.5 Å². The molecule has 2 unspecified atom stereocenters. The Labute approximate surface area is 204 Å². The predicted octanol–water partition coefficient (Wildman–Crippen LogP) is 2.41. The van der Waals surface area contributed by atoms with Gasteiger partial charge >= 0.3 is 12.2 Å². The lowest BCUT2D eigenvalue weighted by Gasteiger charge is -2.58. The average Bonchev–Trinajstić information content (AvgIpc) is 3.16. The van der Waals surface area contributed by atoms with Gasteiger partial charge in [-0.25, -0.2) is 14.3 Å². The number of carbonyl (C=O) groups is 3. The maximum absolute atomic E-state index is 13.4. The maximum atomic E-state index is 13.4. The molecule has 0 radical (unpaired) electrons. The first-order valence-corrected chi connectivity index (χ1v) is 11.9. The van der Waals surface area contributed by atoms with Crippen LogP contribution in [0, 0.1) is 17.8 Å². The lowest BCUT2D eigenvalue weighted by atomic mass is 9.52. The number of hydrogen-bond acceptors (Lipinski definition) is 7. The number of amides is 3. The molecule has 1 aromatic rings. The summed E-state index contributed by atoms with van der Waals surface area (Å²) in [6, 6.07) is 0.0149. The van der Waals surface area contributed by atoms with Gasteiger partial charge in [-0.2, -0.15) is 5.10 Å². The van der Waals surface area contributed by atoms with Gasteiger partial charge in [0, 0.05) is 19.4 Å². The van der Waals surface area contributed by atoms with Gasteiger partial charge in [0.2, 0.25) is 0 Å². The van der Waals surface area contributed by atoms with Crippen LogP contribution in [-0.4, -0.2) is 59.3 Å². The molecule has 5 rings (SSSR count). The van der Waals surface area contributed by atoms with E-state index >= 15 is 0 Å². The second kappa shape index (κ2) is 9.52. The highest BCUT2D eigenvalue weighted by molar-refractivity contribution is 5.95. The zero-order valence-corrected chi connectivity index (χ0v) is 20.7. The number of methoxy groups -OCH3 is 2. The van der Waals surface area contributed by atoms with Gasteiger partial charge in [-0.15, -0.1) is 0 Å². The van der Waals surface area contributed by atoms with Crippen LogP contribution in [0.1, 0.15) is 62.0 Å². The number of rotatable bonds is 8. The van der Waals surface area contributed by atoms with Gasteiger partial charge in [0.05, 0.1) is 36.7 Å². The van der Waals surface area contributed by atoms with E-state index in [-0.39, 0.29) is 30.4 Å². The fourth-order valence-corrected chi connectivity index (χ4v) is 6.35. The molecule has 192 valence electrons. The van der Waals surface area contributed by atoms with Gasteiger partial charge in [-0.05, 0) is 69.8 Å². The van der Waals surface area contributed by atoms with Crippen LogP contribution in [0.3, 0.4) is 0 Å². The third-order valence-electron chi connectivity index (χ3n) is 7.50. The van der Waals surface area contributed by atoms with Gasteiger partial charge in [0.25, 0.3) is 5.91 Å². The summed E-state index contributed by atoms with van der Waals surface area (Å²) in [5.41, 5.74) is 5.21. The van der Waals surface area contributed by atoms with Gasteiger partial charge < -0.3 is 30.6 Å². The van der Waals surface area contributed by atoms with E-state index in [0.29, 0.717) is 17.2 Å². The fourth-order valence-electron chi connectivity index (χ4n) is 6.35. The summed E-state index contributed by atoms with van der Waals surface area (Å²) in [5.74, 6) is 0.788. The molecule has 11 heteroatoms. The van der Waals surface area contributed by atoms with Gasteiger partial charge in [0.15, 0.2) is 0 Å². The minimum atomic E-state index is -0.720. The lowest BCUT2D eigenvalue weighted by molar-refractivity contribution is -0.137. The van der Waals surface area contributed by atoms with Gasteiger partial charge in [-0.1, -0.05) is 0 Å². The number of hydrogen-bond donors (Lipinski definition) is 3. The van der Waals surface area contributed by atoms with Gasteiger partial charge in [-0.3, -0.25) is 4.79 Å². The highest BCUT2D eigenvalue weighted by atomic mass is 16.6. The van der Waals surface area contributed by atoms with Crippen LogP contribution in [0.25, 0.3) is 6.20 Å². The van der Waals surface area contributed by atoms with E-state index in [0.717, 1.165) is 32.1 Å². The van der Waals surface area contributed by atoms with E-state index in [4.69, 9.17) is 15.2 Å². The van der Waals surface area contributed by atoms with Crippen LogP contribution in [0.4, 0.5) is 9.59 Å². The zero-order valence-electron chi connectivity index (χ0n) is 20.7. The molecule has 0 saturated heterocycles. The Balaban J connectivity index is 1.49. The molecule has 4 N–H and O–H groups in total. The van der Waals surface area contributed by atoms with Crippen LogP contribution >= 0.6 is 0 Å².